The minimum atomic E-state index is -0.657. The quantitative estimate of drug-likeness (QED) is 0.132. The molecule has 0 heterocycles. The normalized spacial score (nSPS) is 13.8. The van der Waals surface area contributed by atoms with E-state index in [0.717, 1.165) is 57.8 Å². The zero-order chi connectivity index (χ0) is 23.0. The van der Waals surface area contributed by atoms with Crippen LogP contribution >= 0.6 is 0 Å². The molecule has 0 bridgehead atoms. The summed E-state index contributed by atoms with van der Waals surface area (Å²) in [6, 6.07) is -0.535. The second-order valence-electron chi connectivity index (χ2n) is 8.75. The molecule has 31 heavy (non-hydrogen) atoms. The van der Waals surface area contributed by atoms with Crippen molar-refractivity contribution >= 4 is 5.91 Å². The Balaban J connectivity index is 3.62. The SMILES string of the molecule is CCCCC/C=C\C/C=C\CCCCCCCC(=O)NC(CO)C(O)CCCCCC. The van der Waals surface area contributed by atoms with Crippen LogP contribution in [0.5, 0.6) is 0 Å². The average molecular weight is 438 g/mol. The Bertz CT molecular complexity index is 448. The summed E-state index contributed by atoms with van der Waals surface area (Å²) in [5, 5.41) is 22.4. The highest BCUT2D eigenvalue weighted by atomic mass is 16.3. The molecule has 0 saturated carbocycles. The fourth-order valence-corrected chi connectivity index (χ4v) is 3.62. The molecule has 0 radical (unpaired) electrons. The standard InChI is InChI=1S/C27H51NO3/c1-3-5-7-9-10-11-12-13-14-15-16-17-18-19-21-23-27(31)28-25(24-29)26(30)22-20-8-6-4-2/h10-11,13-14,25-26,29-30H,3-9,12,15-24H2,1-2H3,(H,28,31)/b11-10-,14-13-. The van der Waals surface area contributed by atoms with Crippen molar-refractivity contribution in [3.05, 3.63) is 24.3 Å². The summed E-state index contributed by atoms with van der Waals surface area (Å²) in [7, 11) is 0. The van der Waals surface area contributed by atoms with Crippen LogP contribution < -0.4 is 5.32 Å². The van der Waals surface area contributed by atoms with E-state index in [-0.39, 0.29) is 12.5 Å². The molecule has 0 rings (SSSR count). The first-order valence-corrected chi connectivity index (χ1v) is 13.0. The molecule has 0 aromatic carbocycles. The lowest BCUT2D eigenvalue weighted by atomic mass is 10.0. The topological polar surface area (TPSA) is 69.6 Å². The number of carbonyl (C=O) groups is 1. The van der Waals surface area contributed by atoms with E-state index in [4.69, 9.17) is 0 Å². The first-order valence-electron chi connectivity index (χ1n) is 13.0. The summed E-state index contributed by atoms with van der Waals surface area (Å²) >= 11 is 0. The number of unbranched alkanes of at least 4 members (excludes halogenated alkanes) is 11. The summed E-state index contributed by atoms with van der Waals surface area (Å²) in [6.07, 6.45) is 26.7. The van der Waals surface area contributed by atoms with Gasteiger partial charge >= 0.3 is 0 Å². The lowest BCUT2D eigenvalue weighted by Gasteiger charge is -2.22. The van der Waals surface area contributed by atoms with Gasteiger partial charge in [-0.2, -0.15) is 0 Å². The molecule has 0 aliphatic heterocycles. The highest BCUT2D eigenvalue weighted by Crippen LogP contribution is 2.10. The van der Waals surface area contributed by atoms with Gasteiger partial charge in [-0.15, -0.1) is 0 Å². The highest BCUT2D eigenvalue weighted by Gasteiger charge is 2.19. The molecule has 0 aliphatic carbocycles. The first kappa shape index (κ1) is 29.9. The molecule has 0 spiro atoms. The lowest BCUT2D eigenvalue weighted by Crippen LogP contribution is -2.45. The van der Waals surface area contributed by atoms with Gasteiger partial charge in [0.15, 0.2) is 0 Å². The number of allylic oxidation sites excluding steroid dienone is 4. The van der Waals surface area contributed by atoms with Crippen molar-refractivity contribution < 1.29 is 15.0 Å². The Hall–Kier alpha value is -1.13. The highest BCUT2D eigenvalue weighted by molar-refractivity contribution is 5.76. The van der Waals surface area contributed by atoms with Crippen LogP contribution in [-0.2, 0) is 4.79 Å². The summed E-state index contributed by atoms with van der Waals surface area (Å²) in [4.78, 5) is 12.1. The van der Waals surface area contributed by atoms with Crippen molar-refractivity contribution in [2.24, 2.45) is 0 Å². The second-order valence-corrected chi connectivity index (χ2v) is 8.75. The Morgan fingerprint density at radius 2 is 1.32 bits per heavy atom. The number of rotatable bonds is 22. The van der Waals surface area contributed by atoms with Crippen LogP contribution in [0, 0.1) is 0 Å². The maximum absolute atomic E-state index is 12.1. The molecule has 0 fully saturated rings. The van der Waals surface area contributed by atoms with Gasteiger partial charge in [-0.1, -0.05) is 95.9 Å². The van der Waals surface area contributed by atoms with Crippen molar-refractivity contribution in [1.82, 2.24) is 5.32 Å². The van der Waals surface area contributed by atoms with Crippen molar-refractivity contribution in [2.45, 2.75) is 135 Å². The minimum absolute atomic E-state index is 0.0580. The zero-order valence-corrected chi connectivity index (χ0v) is 20.5. The van der Waals surface area contributed by atoms with Gasteiger partial charge in [-0.25, -0.2) is 0 Å². The maximum Gasteiger partial charge on any atom is 0.220 e. The minimum Gasteiger partial charge on any atom is -0.394 e. The van der Waals surface area contributed by atoms with E-state index in [1.807, 2.05) is 0 Å². The molecular formula is C27H51NO3. The maximum atomic E-state index is 12.1. The Labute approximate surface area is 192 Å². The van der Waals surface area contributed by atoms with E-state index in [9.17, 15) is 15.0 Å². The predicted molar refractivity (Wildman–Crippen MR) is 133 cm³/mol. The fourth-order valence-electron chi connectivity index (χ4n) is 3.62. The van der Waals surface area contributed by atoms with Crippen LogP contribution in [0.1, 0.15) is 123 Å². The van der Waals surface area contributed by atoms with Crippen LogP contribution in [-0.4, -0.2) is 34.9 Å². The number of hydrogen-bond acceptors (Lipinski definition) is 3. The number of carbonyl (C=O) groups excluding carboxylic acids is 1. The van der Waals surface area contributed by atoms with Gasteiger partial charge in [0.05, 0.1) is 18.8 Å². The largest absolute Gasteiger partial charge is 0.394 e. The number of aliphatic hydroxyl groups excluding tert-OH is 2. The third-order valence-electron chi connectivity index (χ3n) is 5.72. The van der Waals surface area contributed by atoms with Gasteiger partial charge < -0.3 is 15.5 Å². The van der Waals surface area contributed by atoms with E-state index in [2.05, 4.69) is 43.5 Å². The number of nitrogens with one attached hydrogen (secondary N) is 1. The summed E-state index contributed by atoms with van der Waals surface area (Å²) in [5.74, 6) is -0.0580. The van der Waals surface area contributed by atoms with Gasteiger partial charge in [-0.3, -0.25) is 4.79 Å². The Morgan fingerprint density at radius 1 is 0.774 bits per heavy atom. The lowest BCUT2D eigenvalue weighted by molar-refractivity contribution is -0.123. The molecular weight excluding hydrogens is 386 g/mol. The number of aliphatic hydroxyl groups is 2. The Kier molecular flexibility index (Phi) is 22.7. The molecule has 2 atom stereocenters. The van der Waals surface area contributed by atoms with E-state index in [0.29, 0.717) is 12.8 Å². The third kappa shape index (κ3) is 20.5. The van der Waals surface area contributed by atoms with E-state index < -0.39 is 12.1 Å². The molecule has 4 nitrogen and oxygen atoms in total. The fraction of sp³-hybridized carbons (Fsp3) is 0.815. The van der Waals surface area contributed by atoms with Gasteiger partial charge in [0.2, 0.25) is 5.91 Å². The number of amides is 1. The van der Waals surface area contributed by atoms with Crippen molar-refractivity contribution in [3.63, 3.8) is 0 Å². The molecule has 182 valence electrons. The van der Waals surface area contributed by atoms with Gasteiger partial charge in [-0.05, 0) is 44.9 Å². The zero-order valence-electron chi connectivity index (χ0n) is 20.5. The second kappa shape index (κ2) is 23.5. The van der Waals surface area contributed by atoms with E-state index in [1.54, 1.807) is 0 Å². The van der Waals surface area contributed by atoms with Crippen molar-refractivity contribution in [2.75, 3.05) is 6.61 Å². The first-order chi connectivity index (χ1) is 15.2. The van der Waals surface area contributed by atoms with Crippen LogP contribution in [0.4, 0.5) is 0 Å². The van der Waals surface area contributed by atoms with E-state index >= 15 is 0 Å². The van der Waals surface area contributed by atoms with Crippen LogP contribution in [0.2, 0.25) is 0 Å². The predicted octanol–water partition coefficient (Wildman–Crippen LogP) is 6.61. The molecule has 0 saturated heterocycles. The van der Waals surface area contributed by atoms with Gasteiger partial charge in [0.1, 0.15) is 0 Å². The molecule has 4 heteroatoms. The Morgan fingerprint density at radius 3 is 1.97 bits per heavy atom. The molecule has 0 aliphatic rings. The van der Waals surface area contributed by atoms with Crippen LogP contribution in [0.15, 0.2) is 24.3 Å². The van der Waals surface area contributed by atoms with Gasteiger partial charge in [0, 0.05) is 6.42 Å². The number of hydrogen-bond donors (Lipinski definition) is 3. The van der Waals surface area contributed by atoms with Crippen LogP contribution in [0.25, 0.3) is 0 Å². The summed E-state index contributed by atoms with van der Waals surface area (Å²) in [5.41, 5.74) is 0. The molecule has 2 unspecified atom stereocenters. The van der Waals surface area contributed by atoms with Gasteiger partial charge in [0.25, 0.3) is 0 Å². The molecule has 3 N–H and O–H groups in total. The average Bonchev–Trinajstić information content (AvgIpc) is 2.77. The molecule has 0 aromatic rings. The smallest absolute Gasteiger partial charge is 0.220 e. The van der Waals surface area contributed by atoms with E-state index in [1.165, 1.54) is 38.5 Å². The molecule has 1 amide bonds. The van der Waals surface area contributed by atoms with Crippen LogP contribution in [0.3, 0.4) is 0 Å². The van der Waals surface area contributed by atoms with Crippen molar-refractivity contribution in [3.8, 4) is 0 Å². The summed E-state index contributed by atoms with van der Waals surface area (Å²) < 4.78 is 0. The monoisotopic (exact) mass is 437 g/mol. The van der Waals surface area contributed by atoms with Crippen molar-refractivity contribution in [1.29, 1.82) is 0 Å². The third-order valence-corrected chi connectivity index (χ3v) is 5.72. The molecule has 0 aromatic heterocycles. The summed E-state index contributed by atoms with van der Waals surface area (Å²) in [6.45, 7) is 4.18.